The summed E-state index contributed by atoms with van der Waals surface area (Å²) in [7, 11) is 1.98. The van der Waals surface area contributed by atoms with E-state index in [1.807, 2.05) is 17.9 Å². The summed E-state index contributed by atoms with van der Waals surface area (Å²) in [5, 5.41) is 7.66. The number of nitrogens with one attached hydrogen (secondary N) is 1. The molecule has 0 bridgehead atoms. The first-order valence-electron chi connectivity index (χ1n) is 6.86. The molecule has 0 radical (unpaired) electrons. The summed E-state index contributed by atoms with van der Waals surface area (Å²) in [6, 6.07) is 6.35. The Bertz CT molecular complexity index is 609. The van der Waals surface area contributed by atoms with Crippen molar-refractivity contribution in [3.8, 4) is 5.75 Å². The molecular weight excluding hydrogens is 318 g/mol. The lowest BCUT2D eigenvalue weighted by Gasteiger charge is -2.10. The van der Waals surface area contributed by atoms with Gasteiger partial charge in [0.1, 0.15) is 5.75 Å². The van der Waals surface area contributed by atoms with Gasteiger partial charge in [0.25, 0.3) is 0 Å². The maximum absolute atomic E-state index is 5.73. The zero-order chi connectivity index (χ0) is 13.9. The molecule has 1 aromatic heterocycles. The second-order valence-corrected chi connectivity index (χ2v) is 5.94. The molecule has 4 nitrogen and oxygen atoms in total. The molecule has 20 heavy (non-hydrogen) atoms. The van der Waals surface area contributed by atoms with Gasteiger partial charge in [-0.3, -0.25) is 4.68 Å². The second-order valence-electron chi connectivity index (χ2n) is 5.02. The fraction of sp³-hybridized carbons (Fsp3) is 0.400. The van der Waals surface area contributed by atoms with Crippen molar-refractivity contribution in [1.29, 1.82) is 0 Å². The normalized spacial score (nSPS) is 13.3. The minimum atomic E-state index is 0.799. The van der Waals surface area contributed by atoms with Gasteiger partial charge in [0, 0.05) is 54.9 Å². The summed E-state index contributed by atoms with van der Waals surface area (Å²) in [6.45, 7) is 2.56. The summed E-state index contributed by atoms with van der Waals surface area (Å²) in [5.74, 6) is 1.07. The van der Waals surface area contributed by atoms with E-state index in [2.05, 4.69) is 44.5 Å². The van der Waals surface area contributed by atoms with E-state index in [4.69, 9.17) is 4.74 Å². The maximum Gasteiger partial charge on any atom is 0.127 e. The molecule has 2 heterocycles. The summed E-state index contributed by atoms with van der Waals surface area (Å²) in [5.41, 5.74) is 3.79. The summed E-state index contributed by atoms with van der Waals surface area (Å²) >= 11 is 3.57. The first kappa shape index (κ1) is 13.6. The molecule has 0 spiro atoms. The largest absolute Gasteiger partial charge is 0.493 e. The number of aromatic nitrogens is 2. The zero-order valence-electron chi connectivity index (χ0n) is 11.5. The standard InChI is InChI=1S/C15H18BrN3O/c1-19-14(3-6-18-19)2-5-17-10-12-9-13(16)8-11-4-7-20-15(11)12/h3,6,8-9,17H,2,4-5,7,10H2,1H3. The molecule has 2 aromatic rings. The number of fused-ring (bicyclic) bond motifs is 1. The van der Waals surface area contributed by atoms with Crippen LogP contribution in [0.25, 0.3) is 0 Å². The van der Waals surface area contributed by atoms with Crippen molar-refractivity contribution < 1.29 is 4.74 Å². The van der Waals surface area contributed by atoms with Gasteiger partial charge in [-0.2, -0.15) is 5.10 Å². The van der Waals surface area contributed by atoms with Crippen LogP contribution >= 0.6 is 15.9 Å². The van der Waals surface area contributed by atoms with Gasteiger partial charge in [-0.1, -0.05) is 15.9 Å². The third-order valence-corrected chi connectivity index (χ3v) is 4.08. The topological polar surface area (TPSA) is 39.1 Å². The van der Waals surface area contributed by atoms with Crippen molar-refractivity contribution >= 4 is 15.9 Å². The van der Waals surface area contributed by atoms with Crippen molar-refractivity contribution in [2.45, 2.75) is 19.4 Å². The molecule has 0 fully saturated rings. The Balaban J connectivity index is 1.58. The highest BCUT2D eigenvalue weighted by Crippen LogP contribution is 2.32. The van der Waals surface area contributed by atoms with Crippen LogP contribution in [-0.4, -0.2) is 22.9 Å². The highest BCUT2D eigenvalue weighted by molar-refractivity contribution is 9.10. The van der Waals surface area contributed by atoms with E-state index >= 15 is 0 Å². The predicted molar refractivity (Wildman–Crippen MR) is 82.0 cm³/mol. The first-order chi connectivity index (χ1) is 9.74. The van der Waals surface area contributed by atoms with Crippen LogP contribution in [0.1, 0.15) is 16.8 Å². The number of ether oxygens (including phenoxy) is 1. The molecule has 0 atom stereocenters. The van der Waals surface area contributed by atoms with Crippen LogP contribution in [0.2, 0.25) is 0 Å². The Morgan fingerprint density at radius 1 is 1.45 bits per heavy atom. The number of aryl methyl sites for hydroxylation is 1. The van der Waals surface area contributed by atoms with E-state index < -0.39 is 0 Å². The molecule has 1 N–H and O–H groups in total. The molecule has 5 heteroatoms. The number of rotatable bonds is 5. The van der Waals surface area contributed by atoms with E-state index in [0.29, 0.717) is 0 Å². The van der Waals surface area contributed by atoms with Crippen molar-refractivity contribution in [2.24, 2.45) is 7.05 Å². The van der Waals surface area contributed by atoms with Crippen LogP contribution in [0.15, 0.2) is 28.9 Å². The van der Waals surface area contributed by atoms with Gasteiger partial charge in [-0.15, -0.1) is 0 Å². The lowest BCUT2D eigenvalue weighted by molar-refractivity contribution is 0.352. The van der Waals surface area contributed by atoms with Crippen molar-refractivity contribution in [3.63, 3.8) is 0 Å². The Labute approximate surface area is 127 Å². The molecule has 1 aliphatic heterocycles. The lowest BCUT2D eigenvalue weighted by Crippen LogP contribution is -2.18. The molecule has 0 unspecified atom stereocenters. The second kappa shape index (κ2) is 5.97. The average Bonchev–Trinajstić information content (AvgIpc) is 3.03. The number of halogens is 1. The molecule has 0 aliphatic carbocycles. The number of hydrogen-bond donors (Lipinski definition) is 1. The molecule has 0 amide bonds. The van der Waals surface area contributed by atoms with Crippen LogP contribution in [-0.2, 0) is 26.4 Å². The van der Waals surface area contributed by atoms with Crippen LogP contribution in [0, 0.1) is 0 Å². The molecule has 106 valence electrons. The molecular formula is C15H18BrN3O. The van der Waals surface area contributed by atoms with Gasteiger partial charge >= 0.3 is 0 Å². The van der Waals surface area contributed by atoms with Gasteiger partial charge in [-0.25, -0.2) is 0 Å². The van der Waals surface area contributed by atoms with Crippen LogP contribution in [0.4, 0.5) is 0 Å². The number of nitrogens with zero attached hydrogens (tertiary/aromatic N) is 2. The molecule has 3 rings (SSSR count). The van der Waals surface area contributed by atoms with Crippen molar-refractivity contribution in [1.82, 2.24) is 15.1 Å². The van der Waals surface area contributed by atoms with E-state index in [-0.39, 0.29) is 0 Å². The highest BCUT2D eigenvalue weighted by Gasteiger charge is 2.16. The Hall–Kier alpha value is -1.33. The van der Waals surface area contributed by atoms with Crippen LogP contribution < -0.4 is 10.1 Å². The predicted octanol–water partition coefficient (Wildman–Crippen LogP) is 2.45. The van der Waals surface area contributed by atoms with Gasteiger partial charge in [0.15, 0.2) is 0 Å². The Kier molecular flexibility index (Phi) is 4.08. The van der Waals surface area contributed by atoms with Crippen molar-refractivity contribution in [2.75, 3.05) is 13.2 Å². The maximum atomic E-state index is 5.73. The minimum Gasteiger partial charge on any atom is -0.493 e. The van der Waals surface area contributed by atoms with Gasteiger partial charge in [0.2, 0.25) is 0 Å². The Morgan fingerprint density at radius 3 is 3.15 bits per heavy atom. The van der Waals surface area contributed by atoms with Gasteiger partial charge in [-0.05, 0) is 23.8 Å². The van der Waals surface area contributed by atoms with Crippen LogP contribution in [0.5, 0.6) is 5.75 Å². The van der Waals surface area contributed by atoms with Crippen molar-refractivity contribution in [3.05, 3.63) is 45.7 Å². The van der Waals surface area contributed by atoms with Crippen LogP contribution in [0.3, 0.4) is 0 Å². The van der Waals surface area contributed by atoms with E-state index in [1.54, 1.807) is 0 Å². The number of benzene rings is 1. The highest BCUT2D eigenvalue weighted by atomic mass is 79.9. The van der Waals surface area contributed by atoms with E-state index in [1.165, 1.54) is 16.8 Å². The van der Waals surface area contributed by atoms with Gasteiger partial charge < -0.3 is 10.1 Å². The summed E-state index contributed by atoms with van der Waals surface area (Å²) in [4.78, 5) is 0. The first-order valence-corrected chi connectivity index (χ1v) is 7.65. The van der Waals surface area contributed by atoms with E-state index in [9.17, 15) is 0 Å². The SMILES string of the molecule is Cn1nccc1CCNCc1cc(Br)cc2c1OCC2. The number of hydrogen-bond acceptors (Lipinski definition) is 3. The summed E-state index contributed by atoms with van der Waals surface area (Å²) in [6.07, 6.45) is 3.83. The minimum absolute atomic E-state index is 0.799. The third kappa shape index (κ3) is 2.88. The Morgan fingerprint density at radius 2 is 2.35 bits per heavy atom. The zero-order valence-corrected chi connectivity index (χ0v) is 13.1. The summed E-state index contributed by atoms with van der Waals surface area (Å²) < 4.78 is 8.78. The van der Waals surface area contributed by atoms with E-state index in [0.717, 1.165) is 42.8 Å². The molecule has 1 aromatic carbocycles. The molecule has 1 aliphatic rings. The molecule has 0 saturated heterocycles. The lowest BCUT2D eigenvalue weighted by atomic mass is 10.1. The monoisotopic (exact) mass is 335 g/mol. The smallest absolute Gasteiger partial charge is 0.127 e. The molecule has 0 saturated carbocycles. The fourth-order valence-electron chi connectivity index (χ4n) is 2.56. The van der Waals surface area contributed by atoms with Gasteiger partial charge in [0.05, 0.1) is 6.61 Å². The third-order valence-electron chi connectivity index (χ3n) is 3.62. The average molecular weight is 336 g/mol. The quantitative estimate of drug-likeness (QED) is 0.853. The fourth-order valence-corrected chi connectivity index (χ4v) is 3.12.